The maximum absolute atomic E-state index is 8.70. The number of hydrogen-bond donors (Lipinski definition) is 3. The van der Waals surface area contributed by atoms with Gasteiger partial charge in [0.2, 0.25) is 0 Å². The molecule has 0 heterocycles. The van der Waals surface area contributed by atoms with E-state index in [2.05, 4.69) is 17.6 Å². The molecule has 0 spiro atoms. The third-order valence-corrected chi connectivity index (χ3v) is 1.87. The monoisotopic (exact) mass is 190 g/mol. The molecule has 0 aromatic heterocycles. The topological polar surface area (TPSA) is 53.5 Å². The van der Waals surface area contributed by atoms with E-state index in [9.17, 15) is 0 Å². The summed E-state index contributed by atoms with van der Waals surface area (Å²) in [6.45, 7) is 6.40. The van der Waals surface area contributed by atoms with E-state index < -0.39 is 0 Å². The molecule has 3 N–H and O–H groups in total. The number of nitrogens with one attached hydrogen (secondary N) is 2. The van der Waals surface area contributed by atoms with Crippen molar-refractivity contribution < 1.29 is 9.84 Å². The van der Waals surface area contributed by atoms with Gasteiger partial charge in [-0.2, -0.15) is 0 Å². The summed E-state index contributed by atoms with van der Waals surface area (Å²) in [5.41, 5.74) is 0. The van der Waals surface area contributed by atoms with Crippen molar-refractivity contribution in [2.45, 2.75) is 25.9 Å². The molecule has 0 aliphatic rings. The smallest absolute Gasteiger partial charge is 0.0617 e. The van der Waals surface area contributed by atoms with Crippen LogP contribution >= 0.6 is 0 Å². The van der Waals surface area contributed by atoms with Gasteiger partial charge in [-0.1, -0.05) is 0 Å². The number of hydrogen-bond acceptors (Lipinski definition) is 4. The van der Waals surface area contributed by atoms with Crippen LogP contribution in [0.15, 0.2) is 0 Å². The molecule has 0 amide bonds. The van der Waals surface area contributed by atoms with Crippen molar-refractivity contribution in [1.29, 1.82) is 0 Å². The first-order valence-electron chi connectivity index (χ1n) is 4.80. The Bertz CT molecular complexity index is 99.8. The van der Waals surface area contributed by atoms with Crippen LogP contribution < -0.4 is 10.6 Å². The Morgan fingerprint density at radius 1 is 1.31 bits per heavy atom. The van der Waals surface area contributed by atoms with E-state index in [-0.39, 0.29) is 12.6 Å². The van der Waals surface area contributed by atoms with Crippen molar-refractivity contribution in [3.63, 3.8) is 0 Å². The van der Waals surface area contributed by atoms with Crippen LogP contribution in [-0.2, 0) is 4.74 Å². The van der Waals surface area contributed by atoms with E-state index in [1.165, 1.54) is 0 Å². The van der Waals surface area contributed by atoms with Crippen molar-refractivity contribution >= 4 is 0 Å². The number of aliphatic hydroxyl groups is 1. The van der Waals surface area contributed by atoms with Gasteiger partial charge in [-0.25, -0.2) is 0 Å². The Balaban J connectivity index is 3.08. The summed E-state index contributed by atoms with van der Waals surface area (Å²) in [5, 5.41) is 14.9. The van der Waals surface area contributed by atoms with Crippen LogP contribution in [0.5, 0.6) is 0 Å². The number of ether oxygens (including phenoxy) is 1. The van der Waals surface area contributed by atoms with Gasteiger partial charge in [-0.05, 0) is 20.9 Å². The molecule has 2 unspecified atom stereocenters. The summed E-state index contributed by atoms with van der Waals surface area (Å²) in [4.78, 5) is 0. The fraction of sp³-hybridized carbons (Fsp3) is 1.00. The number of aliphatic hydroxyl groups excluding tert-OH is 1. The maximum Gasteiger partial charge on any atom is 0.0617 e. The summed E-state index contributed by atoms with van der Waals surface area (Å²) in [5.74, 6) is 0. The molecule has 0 aliphatic carbocycles. The third kappa shape index (κ3) is 8.18. The average molecular weight is 190 g/mol. The Hall–Kier alpha value is -0.160. The lowest BCUT2D eigenvalue weighted by Gasteiger charge is -2.13. The van der Waals surface area contributed by atoms with E-state index in [4.69, 9.17) is 9.84 Å². The predicted octanol–water partition coefficient (Wildman–Crippen LogP) is -0.419. The molecule has 0 aromatic rings. The molecule has 80 valence electrons. The van der Waals surface area contributed by atoms with Gasteiger partial charge in [0.1, 0.15) is 0 Å². The van der Waals surface area contributed by atoms with Gasteiger partial charge in [-0.15, -0.1) is 0 Å². The average Bonchev–Trinajstić information content (AvgIpc) is 2.16. The Morgan fingerprint density at radius 2 is 2.00 bits per heavy atom. The van der Waals surface area contributed by atoms with Crippen LogP contribution in [-0.4, -0.2) is 50.6 Å². The highest BCUT2D eigenvalue weighted by atomic mass is 16.5. The van der Waals surface area contributed by atoms with Crippen LogP contribution in [0.2, 0.25) is 0 Å². The minimum absolute atomic E-state index is 0.158. The Labute approximate surface area is 80.7 Å². The first-order valence-corrected chi connectivity index (χ1v) is 4.80. The Kier molecular flexibility index (Phi) is 8.33. The van der Waals surface area contributed by atoms with E-state index in [1.807, 2.05) is 14.0 Å². The number of rotatable bonds is 8. The van der Waals surface area contributed by atoms with Crippen LogP contribution in [0.25, 0.3) is 0 Å². The molecule has 0 fully saturated rings. The molecule has 0 saturated heterocycles. The van der Waals surface area contributed by atoms with Gasteiger partial charge in [-0.3, -0.25) is 0 Å². The molecule has 0 rings (SSSR count). The fourth-order valence-electron chi connectivity index (χ4n) is 0.785. The van der Waals surface area contributed by atoms with Gasteiger partial charge < -0.3 is 20.5 Å². The molecule has 0 radical (unpaired) electrons. The van der Waals surface area contributed by atoms with Crippen LogP contribution in [0.3, 0.4) is 0 Å². The minimum Gasteiger partial charge on any atom is -0.395 e. The second-order valence-corrected chi connectivity index (χ2v) is 3.30. The maximum atomic E-state index is 8.70. The van der Waals surface area contributed by atoms with Crippen molar-refractivity contribution in [2.24, 2.45) is 0 Å². The van der Waals surface area contributed by atoms with Crippen LogP contribution in [0.1, 0.15) is 13.8 Å². The lowest BCUT2D eigenvalue weighted by Crippen LogP contribution is -2.33. The van der Waals surface area contributed by atoms with Crippen molar-refractivity contribution in [2.75, 3.05) is 33.4 Å². The van der Waals surface area contributed by atoms with E-state index in [0.717, 1.165) is 13.2 Å². The molecule has 0 bridgehead atoms. The minimum atomic E-state index is 0.158. The molecule has 4 nitrogen and oxygen atoms in total. The normalized spacial score (nSPS) is 15.7. The van der Waals surface area contributed by atoms with Crippen molar-refractivity contribution in [3.05, 3.63) is 0 Å². The first-order chi connectivity index (χ1) is 6.20. The lowest BCUT2D eigenvalue weighted by atomic mass is 10.3. The molecule has 4 heteroatoms. The summed E-state index contributed by atoms with van der Waals surface area (Å²) in [6.07, 6.45) is 0. The van der Waals surface area contributed by atoms with Crippen molar-refractivity contribution in [1.82, 2.24) is 10.6 Å². The third-order valence-electron chi connectivity index (χ3n) is 1.87. The van der Waals surface area contributed by atoms with Gasteiger partial charge in [0.25, 0.3) is 0 Å². The van der Waals surface area contributed by atoms with E-state index in [0.29, 0.717) is 12.6 Å². The highest BCUT2D eigenvalue weighted by Gasteiger charge is 1.99. The summed E-state index contributed by atoms with van der Waals surface area (Å²) in [6, 6.07) is 0.556. The second-order valence-electron chi connectivity index (χ2n) is 3.30. The largest absolute Gasteiger partial charge is 0.395 e. The highest BCUT2D eigenvalue weighted by Crippen LogP contribution is 1.83. The summed E-state index contributed by atoms with van der Waals surface area (Å²) < 4.78 is 5.37. The van der Waals surface area contributed by atoms with Gasteiger partial charge in [0.05, 0.1) is 19.8 Å². The van der Waals surface area contributed by atoms with Crippen LogP contribution in [0, 0.1) is 0 Å². The van der Waals surface area contributed by atoms with Crippen molar-refractivity contribution in [3.8, 4) is 0 Å². The highest BCUT2D eigenvalue weighted by molar-refractivity contribution is 4.58. The van der Waals surface area contributed by atoms with Gasteiger partial charge in [0, 0.05) is 18.6 Å². The van der Waals surface area contributed by atoms with Crippen LogP contribution in [0.4, 0.5) is 0 Å². The molecule has 2 atom stereocenters. The molecule has 0 saturated carbocycles. The quantitative estimate of drug-likeness (QED) is 0.455. The van der Waals surface area contributed by atoms with Gasteiger partial charge >= 0.3 is 0 Å². The zero-order valence-electron chi connectivity index (χ0n) is 8.84. The molecule has 0 aromatic carbocycles. The Morgan fingerprint density at radius 3 is 2.54 bits per heavy atom. The second kappa shape index (κ2) is 8.44. The zero-order valence-corrected chi connectivity index (χ0v) is 8.84. The lowest BCUT2D eigenvalue weighted by molar-refractivity contribution is 0.115. The summed E-state index contributed by atoms with van der Waals surface area (Å²) >= 11 is 0. The van der Waals surface area contributed by atoms with E-state index in [1.54, 1.807) is 0 Å². The molecule has 13 heavy (non-hydrogen) atoms. The standard InChI is InChI=1S/C9H22N2O2/c1-8(6-12)11-4-5-13-7-9(2)10-3/h8-12H,4-7H2,1-3H3. The molecule has 0 aliphatic heterocycles. The molecular formula is C9H22N2O2. The fourth-order valence-corrected chi connectivity index (χ4v) is 0.785. The van der Waals surface area contributed by atoms with E-state index >= 15 is 0 Å². The predicted molar refractivity (Wildman–Crippen MR) is 53.9 cm³/mol. The van der Waals surface area contributed by atoms with Gasteiger partial charge in [0.15, 0.2) is 0 Å². The number of likely N-dealkylation sites (N-methyl/N-ethyl adjacent to an activating group) is 1. The first kappa shape index (κ1) is 12.8. The SMILES string of the molecule is CNC(C)COCCNC(C)CO. The summed E-state index contributed by atoms with van der Waals surface area (Å²) in [7, 11) is 1.92. The molecular weight excluding hydrogens is 168 g/mol. The zero-order chi connectivity index (χ0) is 10.1.